The van der Waals surface area contributed by atoms with Crippen LogP contribution in [0.5, 0.6) is 40.2 Å². The standard InChI is InChI=1S/C66H40N6O7/c73-54-10-4-8-35-18-28-50(69-56(35)54)52-30-20-39-14-24-44(65(78)60(39)71-52)48-26-16-37-12-22-42(63(76)58(37)67-48)46-32-41(34-6-2-1-3-7-34)33-47(62(46)75)43-23-13-38-17-27-49(68-59(38)64(43)77)45-25-15-40-21-31-53(72-61(40)66(45)79)51-29-19-36-9-5-11-55(74)57(36)70-51/h1-33,73-79H. The van der Waals surface area contributed by atoms with Gasteiger partial charge in [0.2, 0.25) is 0 Å². The molecule has 0 aliphatic rings. The minimum atomic E-state index is -0.230. The summed E-state index contributed by atoms with van der Waals surface area (Å²) in [7, 11) is 0. The third-order valence-corrected chi connectivity index (χ3v) is 14.6. The molecule has 14 aromatic rings. The van der Waals surface area contributed by atoms with E-state index in [1.54, 1.807) is 109 Å². The summed E-state index contributed by atoms with van der Waals surface area (Å²) in [5.74, 6) is -0.840. The van der Waals surface area contributed by atoms with Crippen LogP contribution in [0.1, 0.15) is 0 Å². The van der Waals surface area contributed by atoms with E-state index in [2.05, 4.69) is 9.97 Å². The highest BCUT2D eigenvalue weighted by molar-refractivity contribution is 6.02. The van der Waals surface area contributed by atoms with E-state index < -0.39 is 0 Å². The van der Waals surface area contributed by atoms with Crippen LogP contribution in [0.15, 0.2) is 200 Å². The topological polar surface area (TPSA) is 219 Å². The van der Waals surface area contributed by atoms with Gasteiger partial charge in [-0.25, -0.2) is 29.9 Å². The van der Waals surface area contributed by atoms with Gasteiger partial charge in [-0.05, 0) is 96.1 Å². The Kier molecular flexibility index (Phi) is 10.6. The maximum absolute atomic E-state index is 12.5. The first-order valence-electron chi connectivity index (χ1n) is 25.2. The second-order valence-corrected chi connectivity index (χ2v) is 19.3. The van der Waals surface area contributed by atoms with Gasteiger partial charge in [-0.1, -0.05) is 115 Å². The molecule has 7 N–H and O–H groups in total. The largest absolute Gasteiger partial charge is 0.507 e. The van der Waals surface area contributed by atoms with Crippen molar-refractivity contribution in [3.63, 3.8) is 0 Å². The fourth-order valence-electron chi connectivity index (χ4n) is 10.5. The lowest BCUT2D eigenvalue weighted by molar-refractivity contribution is 0.469. The van der Waals surface area contributed by atoms with Gasteiger partial charge in [0.25, 0.3) is 0 Å². The summed E-state index contributed by atoms with van der Waals surface area (Å²) in [5.41, 5.74) is 7.88. The molecule has 13 nitrogen and oxygen atoms in total. The van der Waals surface area contributed by atoms with Crippen LogP contribution in [0.25, 0.3) is 144 Å². The van der Waals surface area contributed by atoms with Crippen molar-refractivity contribution >= 4 is 65.4 Å². The SMILES string of the molecule is Oc1c(-c2ccc3ccc(-c4ccc5ccc(-c6ccc7cccc(O)c7n6)nc5c4O)nc3c2O)cc(-c2ccccc2)cc1-c1ccc2ccc(-c3ccc4ccc(-c5ccc6cccc(O)c6n5)nc4c3O)nc2c1O. The zero-order valence-electron chi connectivity index (χ0n) is 41.4. The summed E-state index contributed by atoms with van der Waals surface area (Å²) in [6.07, 6.45) is 0. The number of rotatable bonds is 7. The number of aromatic nitrogens is 6. The normalized spacial score (nSPS) is 11.6. The van der Waals surface area contributed by atoms with Crippen molar-refractivity contribution in [3.05, 3.63) is 200 Å². The number of phenols is 7. The predicted molar refractivity (Wildman–Crippen MR) is 308 cm³/mol. The Morgan fingerprint density at radius 1 is 0.203 bits per heavy atom. The smallest absolute Gasteiger partial charge is 0.151 e. The van der Waals surface area contributed by atoms with Crippen molar-refractivity contribution in [1.29, 1.82) is 0 Å². The van der Waals surface area contributed by atoms with E-state index in [0.29, 0.717) is 94.5 Å². The van der Waals surface area contributed by atoms with Crippen molar-refractivity contribution in [1.82, 2.24) is 29.9 Å². The lowest BCUT2D eigenvalue weighted by Crippen LogP contribution is -1.94. The number of para-hydroxylation sites is 2. The molecule has 0 fully saturated rings. The van der Waals surface area contributed by atoms with E-state index in [-0.39, 0.29) is 73.5 Å². The Bertz CT molecular complexity index is 4610. The average Bonchev–Trinajstić information content (AvgIpc) is 3.56. The number of nitrogens with zero attached hydrogens (tertiary/aromatic N) is 6. The highest BCUT2D eigenvalue weighted by Crippen LogP contribution is 2.49. The number of hydrogen-bond acceptors (Lipinski definition) is 13. The van der Waals surface area contributed by atoms with Crippen molar-refractivity contribution in [2.75, 3.05) is 0 Å². The van der Waals surface area contributed by atoms with Gasteiger partial charge in [0, 0.05) is 65.7 Å². The van der Waals surface area contributed by atoms with Crippen molar-refractivity contribution in [2.45, 2.75) is 0 Å². The molecule has 376 valence electrons. The van der Waals surface area contributed by atoms with Crippen LogP contribution >= 0.6 is 0 Å². The predicted octanol–water partition coefficient (Wildman–Crippen LogP) is 14.6. The van der Waals surface area contributed by atoms with Crippen LogP contribution in [-0.2, 0) is 0 Å². The monoisotopic (exact) mass is 1030 g/mol. The molecule has 0 aliphatic carbocycles. The zero-order chi connectivity index (χ0) is 53.6. The molecule has 0 spiro atoms. The maximum Gasteiger partial charge on any atom is 0.151 e. The second-order valence-electron chi connectivity index (χ2n) is 19.3. The quantitative estimate of drug-likeness (QED) is 0.0791. The maximum atomic E-state index is 12.5. The Hall–Kier alpha value is -11.2. The third-order valence-electron chi connectivity index (χ3n) is 14.6. The molecular formula is C66H40N6O7. The Morgan fingerprint density at radius 3 is 0.899 bits per heavy atom. The second kappa shape index (κ2) is 18.0. The molecule has 0 aliphatic heterocycles. The van der Waals surface area contributed by atoms with Crippen LogP contribution < -0.4 is 0 Å². The lowest BCUT2D eigenvalue weighted by Gasteiger charge is -2.17. The minimum absolute atomic E-state index is 0.0474. The molecular weight excluding hydrogens is 989 g/mol. The van der Waals surface area contributed by atoms with Gasteiger partial charge in [0.05, 0.1) is 34.2 Å². The zero-order valence-corrected chi connectivity index (χ0v) is 41.4. The molecule has 13 heteroatoms. The van der Waals surface area contributed by atoms with Crippen LogP contribution in [0.3, 0.4) is 0 Å². The molecule has 0 amide bonds. The molecule has 0 saturated heterocycles. The van der Waals surface area contributed by atoms with E-state index in [1.807, 2.05) is 91.0 Å². The van der Waals surface area contributed by atoms with Gasteiger partial charge in [-0.2, -0.15) is 0 Å². The van der Waals surface area contributed by atoms with Gasteiger partial charge in [0.15, 0.2) is 11.5 Å². The third kappa shape index (κ3) is 7.71. The molecule has 0 atom stereocenters. The van der Waals surface area contributed by atoms with E-state index in [9.17, 15) is 35.7 Å². The van der Waals surface area contributed by atoms with Gasteiger partial charge in [-0.3, -0.25) is 0 Å². The molecule has 0 bridgehead atoms. The number of fused-ring (bicyclic) bond motifs is 6. The van der Waals surface area contributed by atoms with E-state index in [1.165, 1.54) is 0 Å². The first kappa shape index (κ1) is 46.4. The number of aromatic hydroxyl groups is 7. The molecule has 0 radical (unpaired) electrons. The number of benzene rings is 8. The van der Waals surface area contributed by atoms with Gasteiger partial charge < -0.3 is 35.7 Å². The van der Waals surface area contributed by atoms with Crippen LogP contribution in [0.4, 0.5) is 0 Å². The van der Waals surface area contributed by atoms with Crippen molar-refractivity contribution in [2.24, 2.45) is 0 Å². The molecule has 6 aromatic heterocycles. The highest BCUT2D eigenvalue weighted by atomic mass is 16.3. The molecule has 0 saturated carbocycles. The molecule has 14 rings (SSSR count). The molecule has 6 heterocycles. The average molecular weight is 1030 g/mol. The van der Waals surface area contributed by atoms with Crippen LogP contribution in [0, 0.1) is 0 Å². The number of phenolic OH excluding ortho intramolecular Hbond substituents is 7. The van der Waals surface area contributed by atoms with Gasteiger partial charge in [-0.15, -0.1) is 0 Å². The van der Waals surface area contributed by atoms with E-state index in [0.717, 1.165) is 16.3 Å². The summed E-state index contributed by atoms with van der Waals surface area (Å²) in [5, 5.41) is 85.9. The molecule has 79 heavy (non-hydrogen) atoms. The summed E-state index contributed by atoms with van der Waals surface area (Å²) in [6, 6.07) is 59.3. The first-order chi connectivity index (χ1) is 38.5. The summed E-state index contributed by atoms with van der Waals surface area (Å²) in [6.45, 7) is 0. The summed E-state index contributed by atoms with van der Waals surface area (Å²) < 4.78 is 0. The van der Waals surface area contributed by atoms with Crippen LogP contribution in [0.2, 0.25) is 0 Å². The molecule has 0 unspecified atom stereocenters. The summed E-state index contributed by atoms with van der Waals surface area (Å²) in [4.78, 5) is 28.8. The Labute approximate surface area is 448 Å². The van der Waals surface area contributed by atoms with Crippen molar-refractivity contribution in [3.8, 4) is 119 Å². The number of hydrogen-bond donors (Lipinski definition) is 7. The molecule has 8 aromatic carbocycles. The lowest BCUT2D eigenvalue weighted by atomic mass is 9.90. The van der Waals surface area contributed by atoms with Crippen LogP contribution in [-0.4, -0.2) is 65.6 Å². The summed E-state index contributed by atoms with van der Waals surface area (Å²) >= 11 is 0. The van der Waals surface area contributed by atoms with E-state index >= 15 is 0 Å². The van der Waals surface area contributed by atoms with Gasteiger partial charge in [0.1, 0.15) is 61.8 Å². The van der Waals surface area contributed by atoms with Gasteiger partial charge >= 0.3 is 0 Å². The Balaban J connectivity index is 0.855. The minimum Gasteiger partial charge on any atom is -0.507 e. The Morgan fingerprint density at radius 2 is 0.506 bits per heavy atom. The van der Waals surface area contributed by atoms with Crippen molar-refractivity contribution < 1.29 is 35.7 Å². The number of pyridine rings is 6. The highest BCUT2D eigenvalue weighted by Gasteiger charge is 2.24. The first-order valence-corrected chi connectivity index (χ1v) is 25.2. The fraction of sp³-hybridized carbons (Fsp3) is 0. The van der Waals surface area contributed by atoms with E-state index in [4.69, 9.17) is 19.9 Å². The fourth-order valence-corrected chi connectivity index (χ4v) is 10.5.